The molecule has 0 saturated carbocycles. The number of alkyl halides is 12. The van der Waals surface area contributed by atoms with Gasteiger partial charge in [0.15, 0.2) is 0 Å². The van der Waals surface area contributed by atoms with E-state index in [0.717, 1.165) is 0 Å². The van der Waals surface area contributed by atoms with Crippen LogP contribution in [0.1, 0.15) is 0 Å². The smallest absolute Gasteiger partial charge is 0.477 e. The average Bonchev–Trinajstić information content (AvgIpc) is 2.84. The minimum Gasteiger partial charge on any atom is -0.477 e. The summed E-state index contributed by atoms with van der Waals surface area (Å²) in [5.41, 5.74) is -26.5. The van der Waals surface area contributed by atoms with Crippen LogP contribution >= 0.6 is 0 Å². The molecular formula is C12H24F12N11O10S8-. The third-order valence-electron chi connectivity index (χ3n) is 4.48. The maximum atomic E-state index is 13.7. The Labute approximate surface area is 296 Å². The van der Waals surface area contributed by atoms with Gasteiger partial charge >= 0.3 is 62.1 Å². The van der Waals surface area contributed by atoms with Gasteiger partial charge in [-0.1, -0.05) is 7.54 Å². The summed E-state index contributed by atoms with van der Waals surface area (Å²) in [6, 6.07) is 0. The van der Waals surface area contributed by atoms with E-state index in [9.17, 15) is 94.8 Å². The van der Waals surface area contributed by atoms with Crippen molar-refractivity contribution in [2.24, 2.45) is 22.6 Å². The molecule has 0 bridgehead atoms. The maximum absolute atomic E-state index is 13.7. The van der Waals surface area contributed by atoms with Crippen LogP contribution in [0.4, 0.5) is 52.7 Å². The fraction of sp³-hybridized carbons (Fsp3) is 1.00. The van der Waals surface area contributed by atoms with Crippen molar-refractivity contribution in [1.29, 1.82) is 0 Å². The summed E-state index contributed by atoms with van der Waals surface area (Å²) in [6.45, 7) is 0. The molecule has 0 aromatic rings. The van der Waals surface area contributed by atoms with Crippen molar-refractivity contribution in [3.63, 3.8) is 0 Å². The number of hydrogen-bond donors (Lipinski definition) is 0. The van der Waals surface area contributed by atoms with E-state index in [-0.39, 0.29) is 45.4 Å². The van der Waals surface area contributed by atoms with Gasteiger partial charge in [-0.2, -0.15) is 86.4 Å². The van der Waals surface area contributed by atoms with Gasteiger partial charge in [0.1, 0.15) is 0 Å². The number of sulfonamides is 4. The van der Waals surface area contributed by atoms with E-state index in [4.69, 9.17) is 0 Å². The van der Waals surface area contributed by atoms with E-state index in [0.29, 0.717) is 28.2 Å². The van der Waals surface area contributed by atoms with Crippen molar-refractivity contribution < 1.29 is 94.8 Å². The lowest BCUT2D eigenvalue weighted by atomic mass is 11.3. The first-order chi connectivity index (χ1) is 22.7. The topological polar surface area (TPSA) is 272 Å². The summed E-state index contributed by atoms with van der Waals surface area (Å²) in [4.78, 5) is 0. The van der Waals surface area contributed by atoms with E-state index in [1.54, 1.807) is 0 Å². The highest BCUT2D eigenvalue weighted by Gasteiger charge is 2.50. The van der Waals surface area contributed by atoms with Gasteiger partial charge < -0.3 is 4.13 Å². The second-order valence-electron chi connectivity index (χ2n) is 9.37. The van der Waals surface area contributed by atoms with E-state index in [1.807, 2.05) is 7.54 Å². The average molecular weight is 967 g/mol. The fourth-order valence-electron chi connectivity index (χ4n) is 1.86. The first kappa shape index (κ1) is 51.6. The van der Waals surface area contributed by atoms with Gasteiger partial charge in [0.2, 0.25) is 20.2 Å². The molecule has 0 rings (SSSR count). The molecule has 41 heteroatoms. The summed E-state index contributed by atoms with van der Waals surface area (Å²) in [7, 11) is -51.5. The van der Waals surface area contributed by atoms with E-state index >= 15 is 0 Å². The molecule has 0 amide bonds. The van der Waals surface area contributed by atoms with Crippen LogP contribution in [0.5, 0.6) is 0 Å². The van der Waals surface area contributed by atoms with Gasteiger partial charge in [0.05, 0.1) is 0 Å². The molecule has 53 heavy (non-hydrogen) atoms. The van der Waals surface area contributed by atoms with Crippen LogP contribution in [-0.2, 0) is 80.3 Å². The Hall–Kier alpha value is -1.44. The second-order valence-corrected chi connectivity index (χ2v) is 26.0. The van der Waals surface area contributed by atoms with Gasteiger partial charge in [-0.05, 0) is 48.2 Å². The monoisotopic (exact) mass is 966 g/mol. The van der Waals surface area contributed by atoms with Crippen LogP contribution in [0.15, 0.2) is 22.6 Å². The Kier molecular flexibility index (Phi) is 15.1. The predicted molar refractivity (Wildman–Crippen MR) is 164 cm³/mol. The SMILES string of the molecule is CN(C)S(=O)(=NS(=O)(=O)C(F)(F)F)N=S(=NS(=O)(=O)C(F)(F)F)([N-]S(=NS(=O)(=O)C(F)(F)F)(=NS(=O)(=NS(=O)(=O)C(F)(F)F)N(C)C)N(C)C)N(C)C. The molecule has 320 valence electrons. The summed E-state index contributed by atoms with van der Waals surface area (Å²) in [6.07, 6.45) is 0. The zero-order valence-electron chi connectivity index (χ0n) is 26.8. The van der Waals surface area contributed by atoms with Crippen molar-refractivity contribution in [2.45, 2.75) is 22.0 Å². The summed E-state index contributed by atoms with van der Waals surface area (Å²) in [5, 5.41) is 0. The molecule has 4 unspecified atom stereocenters. The van der Waals surface area contributed by atoms with Crippen molar-refractivity contribution >= 4 is 80.3 Å². The second kappa shape index (κ2) is 15.5. The lowest BCUT2D eigenvalue weighted by molar-refractivity contribution is -0.0440. The van der Waals surface area contributed by atoms with Crippen LogP contribution in [0.25, 0.3) is 4.13 Å². The number of halogens is 12. The lowest BCUT2D eigenvalue weighted by Gasteiger charge is -2.42. The lowest BCUT2D eigenvalue weighted by Crippen LogP contribution is -2.36. The molecular weight excluding hydrogens is 943 g/mol. The fourth-order valence-corrected chi connectivity index (χ4v) is 18.7. The molecule has 0 aliphatic carbocycles. The predicted octanol–water partition coefficient (Wildman–Crippen LogP) is 2.30. The Morgan fingerprint density at radius 3 is 0.679 bits per heavy atom. The standard InChI is InChI=1S/C12H24F12N11O10S8/c1-32(2)50(25-46(36,37)9(13,14)15,30-52(44,34(5)6)27-48(40,41)11(19,20)21)29-51(33(3)4,26-47(38,39)10(16,17)18)31-53(45,35(7)8)28-49(42,43)12(22,23)24/h1-8H3/q-1. The zero-order chi connectivity index (χ0) is 43.3. The minimum atomic E-state index is -7.38. The quantitative estimate of drug-likeness (QED) is 0.255. The van der Waals surface area contributed by atoms with E-state index in [1.165, 1.54) is 0 Å². The first-order valence-electron chi connectivity index (χ1n) is 11.6. The van der Waals surface area contributed by atoms with Crippen molar-refractivity contribution in [3.8, 4) is 0 Å². The highest BCUT2D eigenvalue weighted by molar-refractivity contribution is 8.22. The van der Waals surface area contributed by atoms with Crippen LogP contribution in [-0.4, -0.2) is 138 Å². The molecule has 0 aliphatic heterocycles. The Balaban J connectivity index is 10.3. The van der Waals surface area contributed by atoms with Crippen LogP contribution in [0, 0.1) is 0 Å². The van der Waals surface area contributed by atoms with Gasteiger partial charge in [-0.15, -0.1) is 15.1 Å². The zero-order valence-corrected chi connectivity index (χ0v) is 33.3. The molecule has 0 N–H and O–H groups in total. The Bertz CT molecular complexity index is 2230. The molecule has 4 atom stereocenters. The first-order valence-corrected chi connectivity index (χ1v) is 23.2. The summed E-state index contributed by atoms with van der Waals surface area (Å²) < 4.78 is 301. The van der Waals surface area contributed by atoms with E-state index < -0.39 is 102 Å². The van der Waals surface area contributed by atoms with Gasteiger partial charge in [-0.3, -0.25) is 8.61 Å². The number of rotatable bonds is 12. The van der Waals surface area contributed by atoms with Gasteiger partial charge in [-0.25, -0.2) is 17.0 Å². The molecule has 0 aliphatic rings. The largest absolute Gasteiger partial charge is 0.519 e. The summed E-state index contributed by atoms with van der Waals surface area (Å²) >= 11 is 0. The van der Waals surface area contributed by atoms with Gasteiger partial charge in [0, 0.05) is 28.2 Å². The van der Waals surface area contributed by atoms with Crippen molar-refractivity contribution in [1.82, 2.24) is 17.2 Å². The molecule has 0 aromatic carbocycles. The third kappa shape index (κ3) is 11.8. The number of nitrogens with zero attached hydrogens (tertiary/aromatic N) is 11. The van der Waals surface area contributed by atoms with Crippen molar-refractivity contribution in [3.05, 3.63) is 4.13 Å². The molecule has 0 fully saturated rings. The summed E-state index contributed by atoms with van der Waals surface area (Å²) in [5.74, 6) is 0. The molecule has 0 heterocycles. The number of hydrogen-bond acceptors (Lipinski definition) is 10. The highest BCUT2D eigenvalue weighted by atomic mass is 32.3. The normalized spacial score (nSPS) is 19.2. The van der Waals surface area contributed by atoms with Crippen molar-refractivity contribution in [2.75, 3.05) is 56.4 Å². The molecule has 21 nitrogen and oxygen atoms in total. The highest BCUT2D eigenvalue weighted by Crippen LogP contribution is 2.37. The van der Waals surface area contributed by atoms with Crippen LogP contribution in [0.3, 0.4) is 0 Å². The Morgan fingerprint density at radius 2 is 0.528 bits per heavy atom. The molecule has 0 aromatic heterocycles. The molecule has 0 spiro atoms. The molecule has 0 saturated heterocycles. The Morgan fingerprint density at radius 1 is 0.340 bits per heavy atom. The molecule has 0 radical (unpaired) electrons. The van der Waals surface area contributed by atoms with E-state index in [2.05, 4.69) is 19.2 Å². The van der Waals surface area contributed by atoms with Crippen LogP contribution < -0.4 is 0 Å². The third-order valence-corrected chi connectivity index (χ3v) is 21.7. The maximum Gasteiger partial charge on any atom is 0.519 e. The minimum absolute atomic E-state index is 0.228. The van der Waals surface area contributed by atoms with Gasteiger partial charge in [0.25, 0.3) is 0 Å². The van der Waals surface area contributed by atoms with Crippen LogP contribution in [0.2, 0.25) is 0 Å².